The van der Waals surface area contributed by atoms with Gasteiger partial charge in [-0.15, -0.1) is 0 Å². The molecule has 1 aliphatic heterocycles. The van der Waals surface area contributed by atoms with Crippen molar-refractivity contribution in [2.75, 3.05) is 26.2 Å². The van der Waals surface area contributed by atoms with E-state index in [1.54, 1.807) is 18.2 Å². The van der Waals surface area contributed by atoms with Gasteiger partial charge in [0.2, 0.25) is 10.0 Å². The van der Waals surface area contributed by atoms with Crippen LogP contribution in [-0.4, -0.2) is 53.7 Å². The summed E-state index contributed by atoms with van der Waals surface area (Å²) in [5.41, 5.74) is -0.299. The molecule has 2 aromatic rings. The van der Waals surface area contributed by atoms with Crippen molar-refractivity contribution in [3.63, 3.8) is 0 Å². The van der Waals surface area contributed by atoms with Crippen molar-refractivity contribution in [3.05, 3.63) is 56.6 Å². The average molecular weight is 549 g/mol. The maximum absolute atomic E-state index is 13.6. The Morgan fingerprint density at radius 1 is 1.12 bits per heavy atom. The number of sulfonamides is 1. The average Bonchev–Trinajstić information content (AvgIpc) is 2.76. The summed E-state index contributed by atoms with van der Waals surface area (Å²) in [5, 5.41) is 12.2. The quantitative estimate of drug-likeness (QED) is 0.248. The molecular weight excluding hydrogens is 525 g/mol. The Hall–Kier alpha value is -1.43. The molecule has 2 aromatic carbocycles. The van der Waals surface area contributed by atoms with Gasteiger partial charge in [0, 0.05) is 59.5 Å². The fourth-order valence-electron chi connectivity index (χ4n) is 3.37. The molecule has 0 radical (unpaired) electrons. The van der Waals surface area contributed by atoms with E-state index in [0.717, 1.165) is 29.2 Å². The van der Waals surface area contributed by atoms with Crippen LogP contribution in [0.4, 0.5) is 5.69 Å². The zero-order valence-corrected chi connectivity index (χ0v) is 22.0. The molecule has 1 saturated heterocycles. The lowest BCUT2D eigenvalue weighted by Crippen LogP contribution is -2.50. The molecule has 1 aliphatic rings. The summed E-state index contributed by atoms with van der Waals surface area (Å²) < 4.78 is 28.5. The predicted molar refractivity (Wildman–Crippen MR) is 136 cm³/mol. The fraction of sp³-hybridized carbons (Fsp3) is 0.381. The van der Waals surface area contributed by atoms with Crippen molar-refractivity contribution in [3.8, 4) is 0 Å². The van der Waals surface area contributed by atoms with Gasteiger partial charge in [-0.05, 0) is 30.2 Å². The molecule has 12 heteroatoms. The van der Waals surface area contributed by atoms with Crippen molar-refractivity contribution >= 4 is 67.9 Å². The summed E-state index contributed by atoms with van der Waals surface area (Å²) in [4.78, 5) is 14.4. The van der Waals surface area contributed by atoms with Gasteiger partial charge in [-0.25, -0.2) is 8.42 Å². The standard InChI is InChI=1S/C21H23Cl2N3O4S3/c1-14(2)11-21(31)24-7-9-25(10-8-24)33(29,30)20-13-16(26(27)28)4-6-18(20)32-19-12-15(22)3-5-17(19)23/h3-6,12-14H,7-11H2,1-2H3. The highest BCUT2D eigenvalue weighted by atomic mass is 35.5. The second kappa shape index (κ2) is 10.9. The van der Waals surface area contributed by atoms with E-state index < -0.39 is 14.9 Å². The Bertz CT molecular complexity index is 1170. The third-order valence-electron chi connectivity index (χ3n) is 5.04. The van der Waals surface area contributed by atoms with Crippen LogP contribution >= 0.6 is 47.2 Å². The fourth-order valence-corrected chi connectivity index (χ4v) is 7.19. The summed E-state index contributed by atoms with van der Waals surface area (Å²) in [5.74, 6) is 0.419. The largest absolute Gasteiger partial charge is 0.364 e. The second-order valence-electron chi connectivity index (χ2n) is 7.95. The van der Waals surface area contributed by atoms with E-state index in [4.69, 9.17) is 35.4 Å². The van der Waals surface area contributed by atoms with Crippen molar-refractivity contribution in [1.82, 2.24) is 9.21 Å². The minimum absolute atomic E-state index is 0.129. The Morgan fingerprint density at radius 3 is 2.39 bits per heavy atom. The number of nitro groups is 1. The van der Waals surface area contributed by atoms with Crippen molar-refractivity contribution in [2.24, 2.45) is 5.92 Å². The van der Waals surface area contributed by atoms with Crippen molar-refractivity contribution < 1.29 is 13.3 Å². The molecule has 0 unspecified atom stereocenters. The normalized spacial score (nSPS) is 15.1. The van der Waals surface area contributed by atoms with E-state index in [1.807, 2.05) is 4.90 Å². The van der Waals surface area contributed by atoms with E-state index in [0.29, 0.717) is 38.8 Å². The molecular formula is C21H23Cl2N3O4S3. The van der Waals surface area contributed by atoms with Gasteiger partial charge in [-0.1, -0.05) is 61.0 Å². The van der Waals surface area contributed by atoms with E-state index in [9.17, 15) is 18.5 Å². The molecule has 178 valence electrons. The van der Waals surface area contributed by atoms with Crippen molar-refractivity contribution in [1.29, 1.82) is 0 Å². The van der Waals surface area contributed by atoms with Gasteiger partial charge < -0.3 is 4.90 Å². The van der Waals surface area contributed by atoms with Crippen LogP contribution in [0.2, 0.25) is 10.0 Å². The molecule has 0 aromatic heterocycles. The highest BCUT2D eigenvalue weighted by Crippen LogP contribution is 2.40. The van der Waals surface area contributed by atoms with E-state index in [-0.39, 0.29) is 23.7 Å². The number of thiocarbonyl (C=S) groups is 1. The molecule has 7 nitrogen and oxygen atoms in total. The van der Waals surface area contributed by atoms with Crippen LogP contribution in [-0.2, 0) is 10.0 Å². The molecule has 0 saturated carbocycles. The lowest BCUT2D eigenvalue weighted by Gasteiger charge is -2.36. The Labute approximate surface area is 213 Å². The molecule has 0 amide bonds. The van der Waals surface area contributed by atoms with Crippen LogP contribution in [0.3, 0.4) is 0 Å². The van der Waals surface area contributed by atoms with Crippen LogP contribution in [0, 0.1) is 16.0 Å². The number of rotatable bonds is 7. The summed E-state index contributed by atoms with van der Waals surface area (Å²) in [6.45, 7) is 5.60. The second-order valence-corrected chi connectivity index (χ2v) is 12.3. The van der Waals surface area contributed by atoms with Gasteiger partial charge in [0.05, 0.1) is 14.9 Å². The zero-order valence-electron chi connectivity index (χ0n) is 18.0. The number of halogens is 2. The molecule has 1 heterocycles. The first-order chi connectivity index (χ1) is 15.5. The molecule has 0 atom stereocenters. The SMILES string of the molecule is CC(C)CC(=S)N1CCN(S(=O)(=O)c2cc([N+](=O)[O-])ccc2Sc2cc(Cl)ccc2Cl)CC1. The van der Waals surface area contributed by atoms with Gasteiger partial charge in [-0.3, -0.25) is 10.1 Å². The van der Waals surface area contributed by atoms with E-state index in [1.165, 1.54) is 16.4 Å². The monoisotopic (exact) mass is 547 g/mol. The topological polar surface area (TPSA) is 83.8 Å². The summed E-state index contributed by atoms with van der Waals surface area (Å²) in [6, 6.07) is 8.69. The van der Waals surface area contributed by atoms with E-state index in [2.05, 4.69) is 13.8 Å². The highest BCUT2D eigenvalue weighted by molar-refractivity contribution is 8.00. The molecule has 0 N–H and O–H groups in total. The molecule has 3 rings (SSSR count). The Kier molecular flexibility index (Phi) is 8.63. The maximum Gasteiger partial charge on any atom is 0.270 e. The van der Waals surface area contributed by atoms with Crippen LogP contribution in [0.25, 0.3) is 0 Å². The minimum atomic E-state index is -4.00. The number of nitrogens with zero attached hydrogens (tertiary/aromatic N) is 3. The first-order valence-corrected chi connectivity index (χ1v) is 13.6. The smallest absolute Gasteiger partial charge is 0.270 e. The van der Waals surface area contributed by atoms with Gasteiger partial charge in [0.15, 0.2) is 0 Å². The Balaban J connectivity index is 1.91. The zero-order chi connectivity index (χ0) is 24.3. The third-order valence-corrected chi connectivity index (χ3v) is 9.35. The predicted octanol–water partition coefficient (Wildman–Crippen LogP) is 5.73. The van der Waals surface area contributed by atoms with Gasteiger partial charge >= 0.3 is 0 Å². The maximum atomic E-state index is 13.6. The molecule has 1 fully saturated rings. The van der Waals surface area contributed by atoms with E-state index >= 15 is 0 Å². The summed E-state index contributed by atoms with van der Waals surface area (Å²) >= 11 is 18.9. The molecule has 0 bridgehead atoms. The van der Waals surface area contributed by atoms with Crippen LogP contribution < -0.4 is 0 Å². The number of hydrogen-bond donors (Lipinski definition) is 0. The number of benzene rings is 2. The first kappa shape index (κ1) is 26.2. The lowest BCUT2D eigenvalue weighted by molar-refractivity contribution is -0.385. The molecule has 0 spiro atoms. The van der Waals surface area contributed by atoms with Crippen LogP contribution in [0.5, 0.6) is 0 Å². The number of non-ortho nitro benzene ring substituents is 1. The Morgan fingerprint density at radius 2 is 1.79 bits per heavy atom. The number of piperazine rings is 1. The highest BCUT2D eigenvalue weighted by Gasteiger charge is 2.32. The van der Waals surface area contributed by atoms with Crippen LogP contribution in [0.1, 0.15) is 20.3 Å². The minimum Gasteiger partial charge on any atom is -0.364 e. The molecule has 0 aliphatic carbocycles. The summed E-state index contributed by atoms with van der Waals surface area (Å²) in [7, 11) is -4.00. The van der Waals surface area contributed by atoms with Crippen molar-refractivity contribution in [2.45, 2.75) is 35.0 Å². The number of nitro benzene ring substituents is 1. The summed E-state index contributed by atoms with van der Waals surface area (Å²) in [6.07, 6.45) is 0.772. The first-order valence-electron chi connectivity index (χ1n) is 10.2. The van der Waals surface area contributed by atoms with Gasteiger partial charge in [0.25, 0.3) is 5.69 Å². The van der Waals surface area contributed by atoms with Crippen LogP contribution in [0.15, 0.2) is 51.1 Å². The molecule has 33 heavy (non-hydrogen) atoms. The number of hydrogen-bond acceptors (Lipinski definition) is 6. The third kappa shape index (κ3) is 6.37. The van der Waals surface area contributed by atoms with Gasteiger partial charge in [0.1, 0.15) is 4.90 Å². The van der Waals surface area contributed by atoms with Gasteiger partial charge in [-0.2, -0.15) is 4.31 Å². The lowest BCUT2D eigenvalue weighted by atomic mass is 10.1.